The maximum absolute atomic E-state index is 13.0. The third kappa shape index (κ3) is 8.10. The van der Waals surface area contributed by atoms with E-state index in [1.807, 2.05) is 0 Å². The number of hydrogen-bond donors (Lipinski definition) is 1. The van der Waals surface area contributed by atoms with Gasteiger partial charge < -0.3 is 24.0 Å². The maximum atomic E-state index is 13.0. The van der Waals surface area contributed by atoms with Crippen LogP contribution in [-0.4, -0.2) is 58.3 Å². The third-order valence-electron chi connectivity index (χ3n) is 5.58. The van der Waals surface area contributed by atoms with Crippen molar-refractivity contribution in [3.63, 3.8) is 0 Å². The molecule has 0 aliphatic rings. The molecule has 0 aliphatic carbocycles. The van der Waals surface area contributed by atoms with E-state index in [2.05, 4.69) is 46.9 Å². The fourth-order valence-electron chi connectivity index (χ4n) is 4.24. The molecule has 9 heteroatoms. The van der Waals surface area contributed by atoms with Crippen molar-refractivity contribution in [2.75, 3.05) is 20.8 Å². The molecule has 0 spiro atoms. The van der Waals surface area contributed by atoms with Crippen LogP contribution in [0.15, 0.2) is 0 Å². The van der Waals surface area contributed by atoms with E-state index < -0.39 is 37.5 Å². The van der Waals surface area contributed by atoms with Gasteiger partial charge in [-0.1, -0.05) is 41.5 Å². The second-order valence-corrected chi connectivity index (χ2v) is 15.3. The lowest BCUT2D eigenvalue weighted by atomic mass is 9.94. The molecule has 0 saturated carbocycles. The monoisotopic (exact) mass is 461 g/mol. The van der Waals surface area contributed by atoms with E-state index in [9.17, 15) is 14.4 Å². The lowest BCUT2D eigenvalue weighted by molar-refractivity contribution is -0.151. The summed E-state index contributed by atoms with van der Waals surface area (Å²) < 4.78 is 21.8. The smallest absolute Gasteiger partial charge is 0.408 e. The van der Waals surface area contributed by atoms with Gasteiger partial charge in [-0.25, -0.2) is 9.59 Å². The standard InChI is InChI=1S/C22H43NO7Si/c1-15(2)31(16(3)4,17(5)6)29-14-22(19(25)28-11,13-12-18(24)27-10)23-20(26)30-21(7,8)9/h15-17H,12-14H2,1-11H3,(H,23,26)/t22-/m1/s1. The van der Waals surface area contributed by atoms with Gasteiger partial charge >= 0.3 is 18.0 Å². The molecular formula is C22H43NO7Si. The van der Waals surface area contributed by atoms with E-state index in [4.69, 9.17) is 18.6 Å². The fraction of sp³-hybridized carbons (Fsp3) is 0.864. The van der Waals surface area contributed by atoms with Gasteiger partial charge in [0.25, 0.3) is 0 Å². The minimum absolute atomic E-state index is 0.0373. The first-order chi connectivity index (χ1) is 14.1. The van der Waals surface area contributed by atoms with Crippen LogP contribution in [0.3, 0.4) is 0 Å². The van der Waals surface area contributed by atoms with E-state index >= 15 is 0 Å². The van der Waals surface area contributed by atoms with E-state index in [0.717, 1.165) is 0 Å². The number of alkyl carbamates (subject to hydrolysis) is 1. The number of rotatable bonds is 11. The highest BCUT2D eigenvalue weighted by atomic mass is 28.4. The predicted octanol–water partition coefficient (Wildman–Crippen LogP) is 4.57. The minimum atomic E-state index is -2.37. The molecule has 0 aromatic heterocycles. The molecule has 0 fully saturated rings. The van der Waals surface area contributed by atoms with Crippen molar-refractivity contribution in [3.8, 4) is 0 Å². The van der Waals surface area contributed by atoms with E-state index in [1.165, 1.54) is 14.2 Å². The minimum Gasteiger partial charge on any atom is -0.469 e. The summed E-state index contributed by atoms with van der Waals surface area (Å²) in [7, 11) is 0.138. The second-order valence-electron chi connectivity index (χ2n) is 9.88. The van der Waals surface area contributed by atoms with Crippen LogP contribution in [0, 0.1) is 0 Å². The summed E-state index contributed by atoms with van der Waals surface area (Å²) >= 11 is 0. The normalized spacial score (nSPS) is 14.4. The Hall–Kier alpha value is -1.61. The number of nitrogens with one attached hydrogen (secondary N) is 1. The van der Waals surface area contributed by atoms with Crippen molar-refractivity contribution in [2.24, 2.45) is 0 Å². The number of hydrogen-bond acceptors (Lipinski definition) is 7. The lowest BCUT2D eigenvalue weighted by Gasteiger charge is -2.44. The summed E-state index contributed by atoms with van der Waals surface area (Å²) in [6, 6.07) is 0. The molecule has 0 saturated heterocycles. The molecule has 8 nitrogen and oxygen atoms in total. The average molecular weight is 462 g/mol. The Balaban J connectivity index is 6.18. The SMILES string of the molecule is COC(=O)CC[C@](CO[Si](C(C)C)(C(C)C)C(C)C)(NC(=O)OC(C)(C)C)C(=O)OC. The zero-order valence-corrected chi connectivity index (χ0v) is 22.2. The van der Waals surface area contributed by atoms with Gasteiger partial charge in [-0.3, -0.25) is 4.79 Å². The number of methoxy groups -OCH3 is 2. The highest BCUT2D eigenvalue weighted by Crippen LogP contribution is 2.43. The Morgan fingerprint density at radius 3 is 1.71 bits per heavy atom. The molecule has 1 N–H and O–H groups in total. The van der Waals surface area contributed by atoms with Crippen LogP contribution in [0.4, 0.5) is 4.79 Å². The maximum Gasteiger partial charge on any atom is 0.408 e. The largest absolute Gasteiger partial charge is 0.469 e. The molecule has 0 bridgehead atoms. The van der Waals surface area contributed by atoms with Crippen molar-refractivity contribution in [1.82, 2.24) is 5.32 Å². The molecule has 0 aromatic rings. The second kappa shape index (κ2) is 11.9. The lowest BCUT2D eigenvalue weighted by Crippen LogP contribution is -2.62. The number of esters is 2. The highest BCUT2D eigenvalue weighted by molar-refractivity contribution is 6.77. The molecule has 0 heterocycles. The van der Waals surface area contributed by atoms with Crippen LogP contribution in [0.1, 0.15) is 75.2 Å². The van der Waals surface area contributed by atoms with Crippen molar-refractivity contribution in [2.45, 2.75) is 103 Å². The number of ether oxygens (including phenoxy) is 3. The van der Waals surface area contributed by atoms with E-state index in [1.54, 1.807) is 20.8 Å². The molecule has 31 heavy (non-hydrogen) atoms. The van der Waals surface area contributed by atoms with Crippen molar-refractivity contribution < 1.29 is 33.0 Å². The molecule has 0 aliphatic heterocycles. The molecule has 0 rings (SSSR count). The van der Waals surface area contributed by atoms with Gasteiger partial charge in [0.15, 0.2) is 13.9 Å². The van der Waals surface area contributed by atoms with Crippen molar-refractivity contribution >= 4 is 26.3 Å². The van der Waals surface area contributed by atoms with Crippen LogP contribution < -0.4 is 5.32 Å². The summed E-state index contributed by atoms with van der Waals surface area (Å²) in [5.41, 5.74) is -1.54. The number of amides is 1. The molecule has 0 unspecified atom stereocenters. The van der Waals surface area contributed by atoms with Gasteiger partial charge in [0.2, 0.25) is 0 Å². The van der Waals surface area contributed by atoms with Crippen LogP contribution in [0.2, 0.25) is 16.6 Å². The Bertz CT molecular complexity index is 592. The van der Waals surface area contributed by atoms with Crippen molar-refractivity contribution in [1.29, 1.82) is 0 Å². The molecule has 182 valence electrons. The van der Waals surface area contributed by atoms with Crippen molar-refractivity contribution in [3.05, 3.63) is 0 Å². The first-order valence-electron chi connectivity index (χ1n) is 10.9. The average Bonchev–Trinajstić information content (AvgIpc) is 2.62. The molecule has 0 aromatic carbocycles. The van der Waals surface area contributed by atoms with Gasteiger partial charge in [-0.05, 0) is 43.8 Å². The van der Waals surface area contributed by atoms with Crippen LogP contribution in [0.25, 0.3) is 0 Å². The van der Waals surface area contributed by atoms with Crippen LogP contribution >= 0.6 is 0 Å². The third-order valence-corrected chi connectivity index (χ3v) is 11.6. The van der Waals surface area contributed by atoms with Gasteiger partial charge in [-0.15, -0.1) is 0 Å². The Labute approximate surface area is 188 Å². The summed E-state index contributed by atoms with van der Waals surface area (Å²) in [6.45, 7) is 17.8. The number of carbonyl (C=O) groups is 3. The van der Waals surface area contributed by atoms with E-state index in [0.29, 0.717) is 0 Å². The Morgan fingerprint density at radius 1 is 0.871 bits per heavy atom. The fourth-order valence-corrected chi connectivity index (χ4v) is 9.74. The Kier molecular flexibility index (Phi) is 11.2. The topological polar surface area (TPSA) is 100 Å². The first kappa shape index (κ1) is 29.4. The zero-order valence-electron chi connectivity index (χ0n) is 21.2. The van der Waals surface area contributed by atoms with Gasteiger partial charge in [0, 0.05) is 6.42 Å². The number of carbonyl (C=O) groups excluding carboxylic acids is 3. The van der Waals surface area contributed by atoms with Crippen LogP contribution in [0.5, 0.6) is 0 Å². The summed E-state index contributed by atoms with van der Waals surface area (Å²) in [5, 5.41) is 2.66. The van der Waals surface area contributed by atoms with Gasteiger partial charge in [-0.2, -0.15) is 0 Å². The first-order valence-corrected chi connectivity index (χ1v) is 13.0. The molecular weight excluding hydrogens is 418 g/mol. The van der Waals surface area contributed by atoms with Crippen LogP contribution in [-0.2, 0) is 28.2 Å². The molecule has 1 amide bonds. The predicted molar refractivity (Wildman–Crippen MR) is 122 cm³/mol. The zero-order chi connectivity index (χ0) is 24.6. The highest BCUT2D eigenvalue weighted by Gasteiger charge is 2.50. The summed E-state index contributed by atoms with van der Waals surface area (Å²) in [4.78, 5) is 37.4. The Morgan fingerprint density at radius 2 is 1.35 bits per heavy atom. The van der Waals surface area contributed by atoms with Gasteiger partial charge in [0.1, 0.15) is 5.60 Å². The van der Waals surface area contributed by atoms with Gasteiger partial charge in [0.05, 0.1) is 20.8 Å². The summed E-state index contributed by atoms with van der Waals surface area (Å²) in [5.74, 6) is -1.19. The summed E-state index contributed by atoms with van der Waals surface area (Å²) in [6.07, 6.45) is -0.911. The molecule has 1 atom stereocenters. The quantitative estimate of drug-likeness (QED) is 0.273. The molecule has 0 radical (unpaired) electrons. The van der Waals surface area contributed by atoms with E-state index in [-0.39, 0.29) is 36.1 Å².